The summed E-state index contributed by atoms with van der Waals surface area (Å²) >= 11 is 0. The Bertz CT molecular complexity index is 1530. The summed E-state index contributed by atoms with van der Waals surface area (Å²) in [4.78, 5) is 38.3. The first kappa shape index (κ1) is 23.0. The van der Waals surface area contributed by atoms with Crippen LogP contribution in [0.4, 0.5) is 0 Å². The lowest BCUT2D eigenvalue weighted by molar-refractivity contribution is 0.0466. The van der Waals surface area contributed by atoms with Crippen molar-refractivity contribution in [2.45, 2.75) is 65.0 Å². The monoisotopic (exact) mass is 472 g/mol. The zero-order chi connectivity index (χ0) is 24.4. The van der Waals surface area contributed by atoms with Crippen molar-refractivity contribution in [3.63, 3.8) is 0 Å². The Hall–Kier alpha value is -3.74. The molecule has 4 aromatic rings. The third kappa shape index (κ3) is 4.63. The van der Waals surface area contributed by atoms with E-state index in [0.717, 1.165) is 50.3 Å². The second-order valence-electron chi connectivity index (χ2n) is 9.12. The largest absolute Gasteiger partial charge is 0.456 e. The highest BCUT2D eigenvalue weighted by Crippen LogP contribution is 2.29. The minimum Gasteiger partial charge on any atom is -0.456 e. The Morgan fingerprint density at radius 2 is 1.77 bits per heavy atom. The molecule has 7 heteroatoms. The molecule has 0 spiro atoms. The third-order valence-corrected chi connectivity index (χ3v) is 6.69. The number of nitrogens with zero attached hydrogens (tertiary/aromatic N) is 2. The van der Waals surface area contributed by atoms with Gasteiger partial charge in [-0.3, -0.25) is 4.79 Å². The minimum absolute atomic E-state index is 0.0919. The van der Waals surface area contributed by atoms with Crippen LogP contribution in [0.25, 0.3) is 21.7 Å². The van der Waals surface area contributed by atoms with Crippen LogP contribution in [0.5, 0.6) is 0 Å². The van der Waals surface area contributed by atoms with Crippen LogP contribution in [-0.4, -0.2) is 15.7 Å². The van der Waals surface area contributed by atoms with Crippen LogP contribution in [0, 0.1) is 0 Å². The van der Waals surface area contributed by atoms with Gasteiger partial charge < -0.3 is 9.15 Å². The molecule has 35 heavy (non-hydrogen) atoms. The van der Waals surface area contributed by atoms with E-state index in [1.165, 1.54) is 21.9 Å². The zero-order valence-corrected chi connectivity index (χ0v) is 19.8. The number of benzene rings is 2. The molecule has 0 amide bonds. The average Bonchev–Trinajstić information content (AvgIpc) is 3.32. The summed E-state index contributed by atoms with van der Waals surface area (Å²) < 4.78 is 12.4. The normalized spacial score (nSPS) is 12.8. The van der Waals surface area contributed by atoms with E-state index in [2.05, 4.69) is 12.0 Å². The highest BCUT2D eigenvalue weighted by Gasteiger charge is 2.20. The molecule has 0 atom stereocenters. The molecule has 0 saturated heterocycles. The maximum absolute atomic E-state index is 13.2. The molecular formula is C28H28N2O5. The van der Waals surface area contributed by atoms with Crippen molar-refractivity contribution < 1.29 is 13.9 Å². The number of carbonyl (C=O) groups excluding carboxylic acids is 1. The summed E-state index contributed by atoms with van der Waals surface area (Å²) in [5, 5.41) is 6.06. The maximum Gasteiger partial charge on any atom is 0.359 e. The fourth-order valence-electron chi connectivity index (χ4n) is 4.85. The first-order valence-electron chi connectivity index (χ1n) is 12.3. The fourth-order valence-corrected chi connectivity index (χ4v) is 4.85. The number of hydrogen-bond acceptors (Lipinski definition) is 6. The highest BCUT2D eigenvalue weighted by atomic mass is 16.5. The number of carbonyl (C=O) groups is 1. The quantitative estimate of drug-likeness (QED) is 0.205. The van der Waals surface area contributed by atoms with Gasteiger partial charge in [0.15, 0.2) is 5.69 Å². The van der Waals surface area contributed by atoms with Crippen molar-refractivity contribution in [1.29, 1.82) is 0 Å². The molecule has 0 bridgehead atoms. The van der Waals surface area contributed by atoms with Crippen molar-refractivity contribution in [2.75, 3.05) is 0 Å². The van der Waals surface area contributed by atoms with Crippen molar-refractivity contribution in [3.05, 3.63) is 85.6 Å². The lowest BCUT2D eigenvalue weighted by atomic mass is 10.0. The van der Waals surface area contributed by atoms with Crippen molar-refractivity contribution in [2.24, 2.45) is 0 Å². The predicted octanol–water partition coefficient (Wildman–Crippen LogP) is 4.93. The van der Waals surface area contributed by atoms with Gasteiger partial charge in [0.1, 0.15) is 12.2 Å². The molecule has 0 radical (unpaired) electrons. The molecule has 0 aliphatic heterocycles. The first-order chi connectivity index (χ1) is 17.0. The van der Waals surface area contributed by atoms with Crippen LogP contribution in [0.2, 0.25) is 0 Å². The molecule has 2 aromatic carbocycles. The number of esters is 1. The molecule has 0 N–H and O–H groups in total. The van der Waals surface area contributed by atoms with Gasteiger partial charge in [0.05, 0.1) is 5.39 Å². The van der Waals surface area contributed by atoms with E-state index >= 15 is 0 Å². The molecular weight excluding hydrogens is 444 g/mol. The van der Waals surface area contributed by atoms with Gasteiger partial charge in [0.2, 0.25) is 0 Å². The van der Waals surface area contributed by atoms with E-state index < -0.39 is 11.6 Å². The number of ether oxygens (including phenoxy) is 1. The minimum atomic E-state index is -0.633. The summed E-state index contributed by atoms with van der Waals surface area (Å²) in [6, 6.07) is 12.3. The smallest absolute Gasteiger partial charge is 0.359 e. The highest BCUT2D eigenvalue weighted by molar-refractivity contribution is 6.02. The Kier molecular flexibility index (Phi) is 6.49. The topological polar surface area (TPSA) is 91.4 Å². The summed E-state index contributed by atoms with van der Waals surface area (Å²) in [6.07, 6.45) is 7.01. The van der Waals surface area contributed by atoms with Gasteiger partial charge in [-0.2, -0.15) is 5.10 Å². The number of fused-ring (bicyclic) bond motifs is 3. The van der Waals surface area contributed by atoms with E-state index in [4.69, 9.17) is 9.15 Å². The predicted molar refractivity (Wildman–Crippen MR) is 134 cm³/mol. The molecule has 2 heterocycles. The zero-order valence-electron chi connectivity index (χ0n) is 19.8. The van der Waals surface area contributed by atoms with Gasteiger partial charge in [-0.15, -0.1) is 0 Å². The summed E-state index contributed by atoms with van der Waals surface area (Å²) in [5.41, 5.74) is 2.95. The summed E-state index contributed by atoms with van der Waals surface area (Å²) in [7, 11) is 0. The van der Waals surface area contributed by atoms with E-state index in [0.29, 0.717) is 28.5 Å². The molecule has 0 unspecified atom stereocenters. The molecule has 180 valence electrons. The molecule has 1 aliphatic carbocycles. The average molecular weight is 473 g/mol. The second-order valence-corrected chi connectivity index (χ2v) is 9.12. The lowest BCUT2D eigenvalue weighted by Gasteiger charge is -2.12. The van der Waals surface area contributed by atoms with Gasteiger partial charge in [-0.1, -0.05) is 44.4 Å². The number of unbranched alkanes of at least 4 members (excludes halogenated alkanes) is 3. The van der Waals surface area contributed by atoms with E-state index in [1.54, 1.807) is 24.3 Å². The SMILES string of the molecule is CCCCCCn1nc(C(=O)OCc2cc(=O)oc3cc4c(cc23)CCC4)c2ccccc2c1=O. The van der Waals surface area contributed by atoms with Crippen LogP contribution < -0.4 is 11.2 Å². The Morgan fingerprint density at radius 1 is 1.00 bits per heavy atom. The van der Waals surface area contributed by atoms with Gasteiger partial charge in [0.25, 0.3) is 5.56 Å². The van der Waals surface area contributed by atoms with E-state index in [9.17, 15) is 14.4 Å². The van der Waals surface area contributed by atoms with Gasteiger partial charge in [-0.05, 0) is 55.0 Å². The van der Waals surface area contributed by atoms with Crippen LogP contribution in [0.3, 0.4) is 0 Å². The fraction of sp³-hybridized carbons (Fsp3) is 0.357. The Balaban J connectivity index is 1.45. The molecule has 0 fully saturated rings. The number of hydrogen-bond donors (Lipinski definition) is 0. The summed E-state index contributed by atoms with van der Waals surface area (Å²) in [5.74, 6) is -0.633. The molecule has 7 nitrogen and oxygen atoms in total. The molecule has 5 rings (SSSR count). The van der Waals surface area contributed by atoms with Crippen LogP contribution in [-0.2, 0) is 30.7 Å². The Labute approximate surface area is 202 Å². The number of aromatic nitrogens is 2. The maximum atomic E-state index is 13.2. The van der Waals surface area contributed by atoms with Crippen LogP contribution >= 0.6 is 0 Å². The van der Waals surface area contributed by atoms with Crippen molar-refractivity contribution in [1.82, 2.24) is 9.78 Å². The van der Waals surface area contributed by atoms with Crippen molar-refractivity contribution in [3.8, 4) is 0 Å². The van der Waals surface area contributed by atoms with Crippen LogP contribution in [0.15, 0.2) is 56.5 Å². The molecule has 1 aliphatic rings. The number of rotatable bonds is 8. The third-order valence-electron chi connectivity index (χ3n) is 6.69. The van der Waals surface area contributed by atoms with E-state index in [1.807, 2.05) is 12.1 Å². The van der Waals surface area contributed by atoms with E-state index in [-0.39, 0.29) is 17.9 Å². The van der Waals surface area contributed by atoms with Gasteiger partial charge in [0, 0.05) is 28.9 Å². The van der Waals surface area contributed by atoms with Crippen LogP contribution in [0.1, 0.15) is 66.2 Å². The second kappa shape index (κ2) is 9.86. The lowest BCUT2D eigenvalue weighted by Crippen LogP contribution is -2.26. The first-order valence-corrected chi connectivity index (χ1v) is 12.3. The Morgan fingerprint density at radius 3 is 2.57 bits per heavy atom. The molecule has 2 aromatic heterocycles. The van der Waals surface area contributed by atoms with Gasteiger partial charge >= 0.3 is 11.6 Å². The van der Waals surface area contributed by atoms with Gasteiger partial charge in [-0.25, -0.2) is 14.3 Å². The number of aryl methyl sites for hydroxylation is 3. The molecule has 0 saturated carbocycles. The van der Waals surface area contributed by atoms with Crippen molar-refractivity contribution >= 4 is 27.7 Å². The summed E-state index contributed by atoms with van der Waals surface area (Å²) in [6.45, 7) is 2.48. The standard InChI is InChI=1S/C28H28N2O5/c1-2-3-4-7-13-30-27(32)22-12-6-5-11-21(22)26(29-30)28(33)34-17-20-16-25(31)35-24-15-19-10-8-9-18(19)14-23(20)24/h5-6,11-12,14-16H,2-4,7-10,13,17H2,1H3.